The number of ether oxygens (including phenoxy) is 1. The van der Waals surface area contributed by atoms with Crippen molar-refractivity contribution in [2.75, 3.05) is 17.3 Å². The molecule has 3 amide bonds. The van der Waals surface area contributed by atoms with Gasteiger partial charge in [-0.15, -0.1) is 0 Å². The van der Waals surface area contributed by atoms with Gasteiger partial charge in [-0.2, -0.15) is 0 Å². The summed E-state index contributed by atoms with van der Waals surface area (Å²) in [6, 6.07) is 16.2. The summed E-state index contributed by atoms with van der Waals surface area (Å²) in [5.74, 6) is -3.44. The number of halogens is 2. The van der Waals surface area contributed by atoms with E-state index in [2.05, 4.69) is 5.32 Å². The largest absolute Gasteiger partial charge is 0.504 e. The maximum Gasteiger partial charge on any atom is 0.308 e. The van der Waals surface area contributed by atoms with Crippen LogP contribution in [0.3, 0.4) is 0 Å². The summed E-state index contributed by atoms with van der Waals surface area (Å²) in [5, 5.41) is 12.8. The highest BCUT2D eigenvalue weighted by Crippen LogP contribution is 2.54. The fourth-order valence-electron chi connectivity index (χ4n) is 5.22. The Hall–Kier alpha value is -4.13. The van der Waals surface area contributed by atoms with Crippen LogP contribution in [0.15, 0.2) is 76.6 Å². The Labute approximate surface area is 251 Å². The molecule has 3 heterocycles. The minimum atomic E-state index is -0.897. The van der Waals surface area contributed by atoms with E-state index >= 15 is 0 Å². The number of thiazole rings is 1. The van der Waals surface area contributed by atoms with Gasteiger partial charge < -0.3 is 15.2 Å². The zero-order valence-corrected chi connectivity index (χ0v) is 24.1. The number of aromatic hydroxyl groups is 1. The summed E-state index contributed by atoms with van der Waals surface area (Å²) < 4.78 is 19.9. The average molecular weight is 626 g/mol. The number of aromatic nitrogens is 1. The Morgan fingerprint density at radius 1 is 1.05 bits per heavy atom. The van der Waals surface area contributed by atoms with Crippen molar-refractivity contribution in [3.8, 4) is 11.5 Å². The zero-order chi connectivity index (χ0) is 29.7. The quantitative estimate of drug-likeness (QED) is 0.294. The lowest BCUT2D eigenvalue weighted by Gasteiger charge is -2.31. The van der Waals surface area contributed by atoms with E-state index in [1.165, 1.54) is 42.0 Å². The Balaban J connectivity index is 1.43. The predicted molar refractivity (Wildman–Crippen MR) is 157 cm³/mol. The number of methoxy groups -OCH3 is 1. The van der Waals surface area contributed by atoms with Crippen LogP contribution >= 0.6 is 34.7 Å². The van der Waals surface area contributed by atoms with Crippen LogP contribution in [0.2, 0.25) is 5.02 Å². The molecule has 0 aliphatic carbocycles. The van der Waals surface area contributed by atoms with Crippen LogP contribution in [0.1, 0.15) is 16.4 Å². The number of imide groups is 1. The number of fused-ring (bicyclic) bond motifs is 2. The van der Waals surface area contributed by atoms with E-state index in [0.717, 1.165) is 28.0 Å². The van der Waals surface area contributed by atoms with E-state index in [9.17, 15) is 28.7 Å². The molecule has 42 heavy (non-hydrogen) atoms. The summed E-state index contributed by atoms with van der Waals surface area (Å²) in [7, 11) is 1.39. The predicted octanol–water partition coefficient (Wildman–Crippen LogP) is 4.85. The molecule has 0 saturated carbocycles. The van der Waals surface area contributed by atoms with Crippen molar-refractivity contribution in [3.05, 3.63) is 97.7 Å². The first-order valence-electron chi connectivity index (χ1n) is 12.6. The van der Waals surface area contributed by atoms with Gasteiger partial charge in [0.15, 0.2) is 11.5 Å². The summed E-state index contributed by atoms with van der Waals surface area (Å²) >= 11 is 8.00. The Bertz CT molecular complexity index is 1790. The summed E-state index contributed by atoms with van der Waals surface area (Å²) in [6.45, 7) is -0.360. The molecule has 214 valence electrons. The molecule has 2 aliphatic heterocycles. The number of carbonyl (C=O) groups excluding carboxylic acids is 3. The first kappa shape index (κ1) is 28.0. The van der Waals surface area contributed by atoms with Gasteiger partial charge in [0.1, 0.15) is 17.6 Å². The number of benzene rings is 3. The number of amides is 3. The number of nitrogens with zero attached hydrogens (tertiary/aromatic N) is 2. The molecular weight excluding hydrogens is 605 g/mol. The molecule has 4 aromatic rings. The molecule has 1 fully saturated rings. The lowest BCUT2D eigenvalue weighted by atomic mass is 9.83. The lowest BCUT2D eigenvalue weighted by Crippen LogP contribution is -2.33. The first-order valence-corrected chi connectivity index (χ1v) is 14.7. The molecule has 3 atom stereocenters. The molecule has 3 aromatic carbocycles. The second kappa shape index (κ2) is 10.9. The molecule has 2 aliphatic rings. The van der Waals surface area contributed by atoms with E-state index in [-0.39, 0.29) is 18.0 Å². The number of thioether (sulfide) groups is 1. The number of rotatable bonds is 6. The van der Waals surface area contributed by atoms with Gasteiger partial charge in [0.05, 0.1) is 23.7 Å². The maximum atomic E-state index is 14.0. The average Bonchev–Trinajstić information content (AvgIpc) is 3.41. The number of anilines is 2. The van der Waals surface area contributed by atoms with Gasteiger partial charge in [-0.3, -0.25) is 23.7 Å². The van der Waals surface area contributed by atoms with Crippen molar-refractivity contribution in [2.45, 2.75) is 22.7 Å². The van der Waals surface area contributed by atoms with E-state index in [1.807, 2.05) is 0 Å². The molecule has 0 unspecified atom stereocenters. The van der Waals surface area contributed by atoms with Crippen molar-refractivity contribution < 1.29 is 28.6 Å². The molecule has 13 heteroatoms. The van der Waals surface area contributed by atoms with Gasteiger partial charge >= 0.3 is 4.87 Å². The monoisotopic (exact) mass is 625 g/mol. The van der Waals surface area contributed by atoms with E-state index in [0.29, 0.717) is 31.9 Å². The van der Waals surface area contributed by atoms with Crippen LogP contribution in [-0.2, 0) is 20.9 Å². The highest BCUT2D eigenvalue weighted by molar-refractivity contribution is 8.00. The molecule has 2 N–H and O–H groups in total. The van der Waals surface area contributed by atoms with Crippen molar-refractivity contribution in [1.29, 1.82) is 0 Å². The SMILES string of the molecule is COc1cc([C@@H]2c3sc(=O)n(CC(=O)Nc4ccc(F)cc4)c3S[C@@H]3C(=O)N(c4ccc(Cl)cc4)C(=O)[C@H]23)ccc1O. The fourth-order valence-corrected chi connectivity index (χ4v) is 8.12. The number of phenols is 1. The fraction of sp³-hybridized carbons (Fsp3) is 0.172. The number of hydrogen-bond donors (Lipinski definition) is 2. The Morgan fingerprint density at radius 3 is 2.45 bits per heavy atom. The Kier molecular flexibility index (Phi) is 7.29. The lowest BCUT2D eigenvalue weighted by molar-refractivity contribution is -0.122. The van der Waals surface area contributed by atoms with Crippen LogP contribution in [0.4, 0.5) is 15.8 Å². The van der Waals surface area contributed by atoms with Crippen molar-refractivity contribution >= 4 is 63.8 Å². The normalized spacial score (nSPS) is 19.4. The molecule has 1 aromatic heterocycles. The Morgan fingerprint density at radius 2 is 1.76 bits per heavy atom. The van der Waals surface area contributed by atoms with Gasteiger partial charge in [-0.25, -0.2) is 9.29 Å². The molecule has 9 nitrogen and oxygen atoms in total. The van der Waals surface area contributed by atoms with Gasteiger partial charge in [-0.05, 0) is 66.2 Å². The summed E-state index contributed by atoms with van der Waals surface area (Å²) in [4.78, 5) is 55.2. The zero-order valence-electron chi connectivity index (χ0n) is 21.7. The van der Waals surface area contributed by atoms with Gasteiger partial charge in [0.2, 0.25) is 17.7 Å². The van der Waals surface area contributed by atoms with Crippen LogP contribution in [0.5, 0.6) is 11.5 Å². The third-order valence-corrected chi connectivity index (χ3v) is 9.98. The van der Waals surface area contributed by atoms with Crippen LogP contribution in [0, 0.1) is 11.7 Å². The van der Waals surface area contributed by atoms with E-state index < -0.39 is 45.5 Å². The van der Waals surface area contributed by atoms with Crippen LogP contribution < -0.4 is 19.8 Å². The summed E-state index contributed by atoms with van der Waals surface area (Å²) in [6.07, 6.45) is 0. The van der Waals surface area contributed by atoms with Crippen molar-refractivity contribution in [1.82, 2.24) is 4.57 Å². The summed E-state index contributed by atoms with van der Waals surface area (Å²) in [5.41, 5.74) is 1.28. The minimum Gasteiger partial charge on any atom is -0.504 e. The second-order valence-corrected chi connectivity index (χ2v) is 12.2. The van der Waals surface area contributed by atoms with Crippen molar-refractivity contribution in [3.63, 3.8) is 0 Å². The highest BCUT2D eigenvalue weighted by Gasteiger charge is 2.57. The molecule has 1 saturated heterocycles. The topological polar surface area (TPSA) is 118 Å². The second-order valence-electron chi connectivity index (χ2n) is 9.64. The number of nitrogens with one attached hydrogen (secondary N) is 1. The highest BCUT2D eigenvalue weighted by atomic mass is 35.5. The van der Waals surface area contributed by atoms with Gasteiger partial charge in [0, 0.05) is 21.5 Å². The molecule has 0 radical (unpaired) electrons. The molecular formula is C29H21ClFN3O6S2. The molecule has 0 bridgehead atoms. The van der Waals surface area contributed by atoms with Gasteiger partial charge in [-0.1, -0.05) is 40.8 Å². The van der Waals surface area contributed by atoms with Gasteiger partial charge in [0.25, 0.3) is 0 Å². The van der Waals surface area contributed by atoms with Crippen LogP contribution in [-0.4, -0.2) is 39.8 Å². The third kappa shape index (κ3) is 4.85. The molecule has 6 rings (SSSR count). The molecule has 0 spiro atoms. The van der Waals surface area contributed by atoms with Crippen LogP contribution in [0.25, 0.3) is 0 Å². The number of phenolic OH excluding ortho intramolecular Hbond substituents is 1. The number of hydrogen-bond acceptors (Lipinski definition) is 8. The smallest absolute Gasteiger partial charge is 0.308 e. The minimum absolute atomic E-state index is 0.108. The van der Waals surface area contributed by atoms with E-state index in [4.69, 9.17) is 16.3 Å². The third-order valence-electron chi connectivity index (χ3n) is 7.13. The number of carbonyl (C=O) groups is 3. The maximum absolute atomic E-state index is 14.0. The van der Waals surface area contributed by atoms with E-state index in [1.54, 1.807) is 36.4 Å². The standard InChI is InChI=1S/C29H21ClFN3O6S2/c1-40-20-12-14(2-11-19(20)35)22-23-24(27(38)34(26(23)37)18-9-3-15(30)4-10-18)41-28-25(22)42-29(39)33(28)13-21(36)32-17-7-5-16(31)6-8-17/h2-12,22-24,35H,13H2,1H3,(H,32,36)/t22-,23+,24-/m0/s1. The van der Waals surface area contributed by atoms with Crippen molar-refractivity contribution in [2.24, 2.45) is 5.92 Å². The first-order chi connectivity index (χ1) is 20.2.